The third-order valence-corrected chi connectivity index (χ3v) is 5.52. The maximum absolute atomic E-state index is 13.0. The normalized spacial score (nSPS) is 20.6. The highest BCUT2D eigenvalue weighted by Gasteiger charge is 2.36. The summed E-state index contributed by atoms with van der Waals surface area (Å²) in [5.74, 6) is 0.0461. The number of carbonyl (C=O) groups excluding carboxylic acids is 1. The number of hydrogen-bond acceptors (Lipinski definition) is 4. The molecule has 3 rings (SSSR count). The van der Waals surface area contributed by atoms with E-state index in [1.54, 1.807) is 7.11 Å². The van der Waals surface area contributed by atoms with Crippen LogP contribution in [0.15, 0.2) is 30.3 Å². The van der Waals surface area contributed by atoms with Crippen LogP contribution in [0.1, 0.15) is 35.4 Å². The molecule has 0 saturated carbocycles. The van der Waals surface area contributed by atoms with Crippen LogP contribution in [0.2, 0.25) is 0 Å². The van der Waals surface area contributed by atoms with Crippen LogP contribution in [-0.2, 0) is 22.6 Å². The minimum Gasteiger partial charge on any atom is -0.383 e. The topological polar surface area (TPSA) is 70.2 Å². The Labute approximate surface area is 161 Å². The van der Waals surface area contributed by atoms with Crippen molar-refractivity contribution >= 4 is 5.91 Å². The van der Waals surface area contributed by atoms with E-state index < -0.39 is 0 Å². The highest BCUT2D eigenvalue weighted by atomic mass is 16.5. The number of hydrogen-bond donors (Lipinski definition) is 2. The third-order valence-electron chi connectivity index (χ3n) is 5.52. The molecule has 1 fully saturated rings. The van der Waals surface area contributed by atoms with Gasteiger partial charge in [-0.25, -0.2) is 0 Å². The number of nitrogens with one attached hydrogen (secondary N) is 2. The quantitative estimate of drug-likeness (QED) is 0.786. The second-order valence-electron chi connectivity index (χ2n) is 7.36. The summed E-state index contributed by atoms with van der Waals surface area (Å²) in [6.45, 7) is 6.86. The first-order chi connectivity index (χ1) is 13.1. The van der Waals surface area contributed by atoms with Gasteiger partial charge in [-0.1, -0.05) is 30.3 Å². The molecule has 1 aliphatic heterocycles. The molecular formula is C21H30N4O2. The molecular weight excluding hydrogens is 340 g/mol. The fourth-order valence-electron chi connectivity index (χ4n) is 3.98. The van der Waals surface area contributed by atoms with Gasteiger partial charge in [-0.2, -0.15) is 5.10 Å². The molecule has 27 heavy (non-hydrogen) atoms. The summed E-state index contributed by atoms with van der Waals surface area (Å²) in [7, 11) is 1.71. The van der Waals surface area contributed by atoms with Crippen LogP contribution < -0.4 is 5.32 Å². The second kappa shape index (κ2) is 9.15. The van der Waals surface area contributed by atoms with E-state index in [0.29, 0.717) is 13.2 Å². The van der Waals surface area contributed by atoms with Crippen LogP contribution >= 0.6 is 0 Å². The molecule has 2 aromatic rings. The minimum absolute atomic E-state index is 0.0603. The zero-order chi connectivity index (χ0) is 19.2. The van der Waals surface area contributed by atoms with E-state index in [1.165, 1.54) is 5.56 Å². The van der Waals surface area contributed by atoms with Crippen molar-refractivity contribution in [3.63, 3.8) is 0 Å². The molecule has 1 amide bonds. The smallest absolute Gasteiger partial charge is 0.225 e. The van der Waals surface area contributed by atoms with Crippen LogP contribution in [0.5, 0.6) is 0 Å². The Morgan fingerprint density at radius 3 is 2.78 bits per heavy atom. The average molecular weight is 370 g/mol. The largest absolute Gasteiger partial charge is 0.383 e. The summed E-state index contributed by atoms with van der Waals surface area (Å²) < 4.78 is 5.48. The number of benzene rings is 1. The van der Waals surface area contributed by atoms with Gasteiger partial charge < -0.3 is 10.1 Å². The van der Waals surface area contributed by atoms with Gasteiger partial charge in [0.15, 0.2) is 0 Å². The predicted octanol–water partition coefficient (Wildman–Crippen LogP) is 2.57. The lowest BCUT2D eigenvalue weighted by Gasteiger charge is -2.40. The molecule has 0 radical (unpaired) electrons. The Hall–Kier alpha value is -2.18. The Morgan fingerprint density at radius 1 is 1.33 bits per heavy atom. The van der Waals surface area contributed by atoms with Crippen molar-refractivity contribution < 1.29 is 9.53 Å². The van der Waals surface area contributed by atoms with Gasteiger partial charge in [-0.05, 0) is 38.8 Å². The van der Waals surface area contributed by atoms with Crippen LogP contribution in [0, 0.1) is 19.8 Å². The molecule has 1 aromatic carbocycles. The molecule has 146 valence electrons. The summed E-state index contributed by atoms with van der Waals surface area (Å²) >= 11 is 0. The van der Waals surface area contributed by atoms with Gasteiger partial charge >= 0.3 is 0 Å². The van der Waals surface area contributed by atoms with E-state index in [0.717, 1.165) is 42.9 Å². The van der Waals surface area contributed by atoms with E-state index in [9.17, 15) is 4.79 Å². The van der Waals surface area contributed by atoms with Crippen LogP contribution in [0.4, 0.5) is 0 Å². The van der Waals surface area contributed by atoms with E-state index in [2.05, 4.69) is 44.7 Å². The van der Waals surface area contributed by atoms with Gasteiger partial charge in [-0.15, -0.1) is 0 Å². The molecule has 0 bridgehead atoms. The SMILES string of the molecule is COC[C@@H]1[C@H](C(=O)NCc2c(C)n[nH]c2C)CCCN1Cc1ccccc1. The number of amides is 1. The number of H-pyrrole nitrogens is 1. The number of aryl methyl sites for hydroxylation is 2. The van der Waals surface area contributed by atoms with Gasteiger partial charge in [-0.3, -0.25) is 14.8 Å². The zero-order valence-corrected chi connectivity index (χ0v) is 16.5. The standard InChI is InChI=1S/C21H30N4O2/c1-15-19(16(2)24-23-15)12-22-21(26)18-10-7-11-25(20(18)14-27-3)13-17-8-5-4-6-9-17/h4-6,8-9,18,20H,7,10-14H2,1-3H3,(H,22,26)(H,23,24)/t18-,20-/m1/s1. The zero-order valence-electron chi connectivity index (χ0n) is 16.5. The summed E-state index contributed by atoms with van der Waals surface area (Å²) in [4.78, 5) is 15.4. The Kier molecular flexibility index (Phi) is 6.63. The lowest BCUT2D eigenvalue weighted by molar-refractivity contribution is -0.130. The highest BCUT2D eigenvalue weighted by molar-refractivity contribution is 5.79. The number of aromatic nitrogens is 2. The predicted molar refractivity (Wildman–Crippen MR) is 105 cm³/mol. The van der Waals surface area contributed by atoms with Crippen LogP contribution in [-0.4, -0.2) is 47.3 Å². The van der Waals surface area contributed by atoms with Crippen molar-refractivity contribution in [2.45, 2.75) is 45.8 Å². The molecule has 0 aliphatic carbocycles. The molecule has 1 aromatic heterocycles. The Bertz CT molecular complexity index is 724. The molecule has 0 spiro atoms. The molecule has 1 aliphatic rings. The molecule has 1 saturated heterocycles. The van der Waals surface area contributed by atoms with Crippen molar-refractivity contribution in [1.82, 2.24) is 20.4 Å². The third kappa shape index (κ3) is 4.76. The number of methoxy groups -OCH3 is 1. The number of piperidine rings is 1. The summed E-state index contributed by atoms with van der Waals surface area (Å²) in [6, 6.07) is 10.5. The van der Waals surface area contributed by atoms with Gasteiger partial charge in [0.05, 0.1) is 18.2 Å². The van der Waals surface area contributed by atoms with Crippen molar-refractivity contribution in [1.29, 1.82) is 0 Å². The maximum atomic E-state index is 13.0. The van der Waals surface area contributed by atoms with Crippen LogP contribution in [0.25, 0.3) is 0 Å². The molecule has 2 atom stereocenters. The van der Waals surface area contributed by atoms with Gasteiger partial charge in [0, 0.05) is 37.5 Å². The van der Waals surface area contributed by atoms with Gasteiger partial charge in [0.1, 0.15) is 0 Å². The number of rotatable bonds is 7. The Morgan fingerprint density at radius 2 is 2.11 bits per heavy atom. The summed E-state index contributed by atoms with van der Waals surface area (Å²) in [5.41, 5.74) is 4.29. The maximum Gasteiger partial charge on any atom is 0.225 e. The van der Waals surface area contributed by atoms with Crippen molar-refractivity contribution in [3.05, 3.63) is 52.8 Å². The molecule has 2 N–H and O–H groups in total. The summed E-state index contributed by atoms with van der Waals surface area (Å²) in [6.07, 6.45) is 1.92. The van der Waals surface area contributed by atoms with E-state index in [4.69, 9.17) is 4.74 Å². The molecule has 0 unspecified atom stereocenters. The second-order valence-corrected chi connectivity index (χ2v) is 7.36. The lowest BCUT2D eigenvalue weighted by Crippen LogP contribution is -2.52. The van der Waals surface area contributed by atoms with E-state index in [-0.39, 0.29) is 17.9 Å². The van der Waals surface area contributed by atoms with Gasteiger partial charge in [0.2, 0.25) is 5.91 Å². The van der Waals surface area contributed by atoms with Crippen molar-refractivity contribution in [3.8, 4) is 0 Å². The molecule has 6 heteroatoms. The monoisotopic (exact) mass is 370 g/mol. The van der Waals surface area contributed by atoms with E-state index >= 15 is 0 Å². The molecule has 2 heterocycles. The first kappa shape index (κ1) is 19.6. The van der Waals surface area contributed by atoms with Crippen molar-refractivity contribution in [2.75, 3.05) is 20.3 Å². The summed E-state index contributed by atoms with van der Waals surface area (Å²) in [5, 5.41) is 10.3. The number of likely N-dealkylation sites (tertiary alicyclic amines) is 1. The highest BCUT2D eigenvalue weighted by Crippen LogP contribution is 2.26. The number of nitrogens with zero attached hydrogens (tertiary/aromatic N) is 2. The molecule has 6 nitrogen and oxygen atoms in total. The minimum atomic E-state index is -0.0603. The first-order valence-electron chi connectivity index (χ1n) is 9.65. The van der Waals surface area contributed by atoms with Crippen molar-refractivity contribution in [2.24, 2.45) is 5.92 Å². The number of carbonyl (C=O) groups is 1. The lowest BCUT2D eigenvalue weighted by atomic mass is 9.88. The Balaban J connectivity index is 1.67. The number of aromatic amines is 1. The van der Waals surface area contributed by atoms with Crippen LogP contribution in [0.3, 0.4) is 0 Å². The average Bonchev–Trinajstić information content (AvgIpc) is 3.00. The fraction of sp³-hybridized carbons (Fsp3) is 0.524. The van der Waals surface area contributed by atoms with Gasteiger partial charge in [0.25, 0.3) is 0 Å². The fourth-order valence-corrected chi connectivity index (χ4v) is 3.98. The van der Waals surface area contributed by atoms with E-state index in [1.807, 2.05) is 19.9 Å². The number of ether oxygens (including phenoxy) is 1. The first-order valence-corrected chi connectivity index (χ1v) is 9.65.